The van der Waals surface area contributed by atoms with Crippen LogP contribution in [0.15, 0.2) is 42.5 Å². The second-order valence-corrected chi connectivity index (χ2v) is 2.62. The van der Waals surface area contributed by atoms with Gasteiger partial charge in [0.25, 0.3) is 0 Å². The fraction of sp³-hybridized carbons (Fsp3) is 0.500. The largest absolute Gasteiger partial charge is 0.204 e. The molecule has 0 fully saturated rings. The smallest absolute Gasteiger partial charge is 0.202 e. The van der Waals surface area contributed by atoms with Crippen LogP contribution in [0, 0.1) is 0 Å². The normalized spacial score (nSPS) is 7.62. The molecule has 1 aromatic rings. The van der Waals surface area contributed by atoms with E-state index in [4.69, 9.17) is 0 Å². The lowest BCUT2D eigenvalue weighted by molar-refractivity contribution is -0.398. The SMILES string of the molecule is C.C.C.C.C.CC.CC=CC=[N+](C)c1ccccc1.II. The molecule has 0 aliphatic rings. The Morgan fingerprint density at radius 3 is 1.57 bits per heavy atom. The van der Waals surface area contributed by atoms with Crippen LogP contribution in [-0.2, 0) is 0 Å². The van der Waals surface area contributed by atoms with E-state index < -0.39 is 0 Å². The molecule has 0 N–H and O–H groups in total. The van der Waals surface area contributed by atoms with Crippen molar-refractivity contribution < 1.29 is 4.58 Å². The van der Waals surface area contributed by atoms with Gasteiger partial charge in [-0.15, -0.1) is 0 Å². The first-order valence-electron chi connectivity index (χ1n) is 5.23. The monoisotopic (exact) mass is 524 g/mol. The van der Waals surface area contributed by atoms with E-state index in [1.54, 1.807) is 0 Å². The Hall–Kier alpha value is 0.0900. The van der Waals surface area contributed by atoms with Crippen molar-refractivity contribution in [2.24, 2.45) is 0 Å². The van der Waals surface area contributed by atoms with Gasteiger partial charge in [0.2, 0.25) is 5.69 Å². The first-order valence-corrected chi connectivity index (χ1v) is 11.5. The van der Waals surface area contributed by atoms with Crippen LogP contribution in [0.1, 0.15) is 57.9 Å². The summed E-state index contributed by atoms with van der Waals surface area (Å²) in [5.41, 5.74) is 1.20. The molecule has 0 saturated carbocycles. The molecule has 130 valence electrons. The minimum atomic E-state index is 0. The molecule has 0 aliphatic carbocycles. The molecule has 0 atom stereocenters. The van der Waals surface area contributed by atoms with Crippen LogP contribution < -0.4 is 0 Å². The molecule has 0 aromatic heterocycles. The second kappa shape index (κ2) is 36.9. The van der Waals surface area contributed by atoms with E-state index in [1.165, 1.54) is 5.69 Å². The summed E-state index contributed by atoms with van der Waals surface area (Å²) in [5.74, 6) is 0. The summed E-state index contributed by atoms with van der Waals surface area (Å²) in [4.78, 5) is 0. The Balaban J connectivity index is -0.0000000403. The molecule has 0 heterocycles. The summed E-state index contributed by atoms with van der Waals surface area (Å²) < 4.78 is 2.08. The van der Waals surface area contributed by atoms with E-state index in [0.29, 0.717) is 0 Å². The molecule has 0 spiro atoms. The molecule has 21 heavy (non-hydrogen) atoms. The van der Waals surface area contributed by atoms with E-state index >= 15 is 0 Å². The fourth-order valence-corrected chi connectivity index (χ4v) is 0.964. The Morgan fingerprint density at radius 1 is 0.857 bits per heavy atom. The average molecular weight is 524 g/mol. The molecular formula is C18H40I2N+. The number of halogens is 2. The molecule has 0 saturated heterocycles. The minimum absolute atomic E-state index is 0. The van der Waals surface area contributed by atoms with Gasteiger partial charge >= 0.3 is 0 Å². The van der Waals surface area contributed by atoms with Crippen molar-refractivity contribution in [2.75, 3.05) is 7.05 Å². The molecule has 0 unspecified atom stereocenters. The third-order valence-corrected chi connectivity index (χ3v) is 1.67. The van der Waals surface area contributed by atoms with Gasteiger partial charge in [-0.2, -0.15) is 0 Å². The van der Waals surface area contributed by atoms with E-state index in [-0.39, 0.29) is 37.1 Å². The number of hydrogen-bond acceptors (Lipinski definition) is 0. The number of benzene rings is 1. The highest BCUT2D eigenvalue weighted by Crippen LogP contribution is 2.06. The third-order valence-electron chi connectivity index (χ3n) is 1.67. The van der Waals surface area contributed by atoms with Crippen molar-refractivity contribution in [1.82, 2.24) is 0 Å². The van der Waals surface area contributed by atoms with Crippen molar-refractivity contribution in [1.29, 1.82) is 0 Å². The van der Waals surface area contributed by atoms with Crippen molar-refractivity contribution in [3.8, 4) is 0 Å². The van der Waals surface area contributed by atoms with Gasteiger partial charge in [0.1, 0.15) is 7.05 Å². The highest BCUT2D eigenvalue weighted by atomic mass is 128. The molecule has 1 nitrogen and oxygen atoms in total. The Morgan fingerprint density at radius 2 is 1.24 bits per heavy atom. The third kappa shape index (κ3) is 25.4. The zero-order valence-corrected chi connectivity index (χ0v) is 14.6. The van der Waals surface area contributed by atoms with Crippen LogP contribution in [0.4, 0.5) is 5.69 Å². The van der Waals surface area contributed by atoms with Crippen LogP contribution in [0.25, 0.3) is 0 Å². The standard InChI is InChI=1S/C11H14N.C2H6.5CH4.I2/c1-3-4-10-12(2)11-8-6-5-7-9-11;1-2;;;;;;1-2/h3-10H,1-2H3;1-2H3;5*1H4;/q+1;;;;;;;. The van der Waals surface area contributed by atoms with Gasteiger partial charge < -0.3 is 0 Å². The first kappa shape index (κ1) is 42.9. The van der Waals surface area contributed by atoms with Gasteiger partial charge in [-0.3, -0.25) is 0 Å². The molecule has 0 radical (unpaired) electrons. The lowest BCUT2D eigenvalue weighted by Gasteiger charge is -1.92. The number of nitrogens with zero attached hydrogens (tertiary/aromatic N) is 1. The predicted octanol–water partition coefficient (Wildman–Crippen LogP) is 8.59. The van der Waals surface area contributed by atoms with Gasteiger partial charge in [-0.1, -0.05) is 75.3 Å². The molecule has 1 aromatic carbocycles. The second-order valence-electron chi connectivity index (χ2n) is 2.62. The number of allylic oxidation sites excluding steroid dienone is 2. The lowest BCUT2D eigenvalue weighted by atomic mass is 10.3. The van der Waals surface area contributed by atoms with Gasteiger partial charge in [-0.25, -0.2) is 4.58 Å². The Labute approximate surface area is 160 Å². The Bertz CT molecular complexity index is 293. The number of rotatable bonds is 2. The van der Waals surface area contributed by atoms with Crippen LogP contribution in [0.2, 0.25) is 0 Å². The fourth-order valence-electron chi connectivity index (χ4n) is 0.964. The van der Waals surface area contributed by atoms with Crippen LogP contribution in [-0.4, -0.2) is 17.8 Å². The van der Waals surface area contributed by atoms with Crippen molar-refractivity contribution in [2.45, 2.75) is 57.9 Å². The summed E-state index contributed by atoms with van der Waals surface area (Å²) in [6, 6.07) is 10.3. The zero-order valence-electron chi connectivity index (χ0n) is 10.3. The number of para-hydroxylation sites is 1. The van der Waals surface area contributed by atoms with Crippen molar-refractivity contribution in [3.05, 3.63) is 42.5 Å². The van der Waals surface area contributed by atoms with E-state index in [9.17, 15) is 0 Å². The summed E-state index contributed by atoms with van der Waals surface area (Å²) in [6.07, 6.45) is 6.07. The minimum Gasteiger partial charge on any atom is -0.202 e. The molecule has 1 rings (SSSR count). The molecule has 0 bridgehead atoms. The maximum Gasteiger partial charge on any atom is 0.204 e. The molecular weight excluding hydrogens is 484 g/mol. The van der Waals surface area contributed by atoms with E-state index in [2.05, 4.69) is 53.9 Å². The molecule has 0 amide bonds. The Kier molecular flexibility index (Phi) is 75.3. The van der Waals surface area contributed by atoms with Gasteiger partial charge in [0.05, 0.1) is 0 Å². The maximum absolute atomic E-state index is 2.12. The summed E-state index contributed by atoms with van der Waals surface area (Å²) in [5, 5.41) is 0. The molecule has 0 aliphatic heterocycles. The van der Waals surface area contributed by atoms with Crippen LogP contribution in [0.5, 0.6) is 0 Å². The number of hydrogen-bond donors (Lipinski definition) is 0. The van der Waals surface area contributed by atoms with Crippen molar-refractivity contribution in [3.63, 3.8) is 0 Å². The highest BCUT2D eigenvalue weighted by molar-refractivity contribution is 15.0. The van der Waals surface area contributed by atoms with E-state index in [1.807, 2.05) is 64.4 Å². The van der Waals surface area contributed by atoms with Crippen LogP contribution >= 0.6 is 37.2 Å². The van der Waals surface area contributed by atoms with Crippen LogP contribution in [0.3, 0.4) is 0 Å². The van der Waals surface area contributed by atoms with E-state index in [0.717, 1.165) is 0 Å². The first-order chi connectivity index (χ1) is 7.84. The predicted molar refractivity (Wildman–Crippen MR) is 126 cm³/mol. The highest BCUT2D eigenvalue weighted by Gasteiger charge is 1.97. The topological polar surface area (TPSA) is 3.01 Å². The average Bonchev–Trinajstić information content (AvgIpc) is 2.41. The lowest BCUT2D eigenvalue weighted by Crippen LogP contribution is -1.96. The summed E-state index contributed by atoms with van der Waals surface area (Å²) in [7, 11) is 2.04. The van der Waals surface area contributed by atoms with Gasteiger partial charge in [-0.05, 0) is 13.0 Å². The zero-order chi connectivity index (χ0) is 12.8. The maximum atomic E-state index is 2.12. The van der Waals surface area contributed by atoms with Crippen molar-refractivity contribution >= 4 is 49.1 Å². The van der Waals surface area contributed by atoms with Gasteiger partial charge in [0, 0.05) is 49.4 Å². The summed E-state index contributed by atoms with van der Waals surface area (Å²) >= 11 is 4.24. The van der Waals surface area contributed by atoms with Gasteiger partial charge in [0.15, 0.2) is 6.21 Å². The quantitative estimate of drug-likeness (QED) is 0.207. The summed E-state index contributed by atoms with van der Waals surface area (Å²) in [6.45, 7) is 6.01. The molecule has 3 heteroatoms.